The molecule has 1 atom stereocenters. The minimum Gasteiger partial charge on any atom is -0.316 e. The van der Waals surface area contributed by atoms with Crippen LogP contribution in [0.1, 0.15) is 32.1 Å². The molecule has 0 aliphatic heterocycles. The predicted octanol–water partition coefficient (Wildman–Crippen LogP) is 3.97. The van der Waals surface area contributed by atoms with Crippen molar-refractivity contribution in [3.63, 3.8) is 0 Å². The minimum atomic E-state index is 0.321. The highest BCUT2D eigenvalue weighted by atomic mass is 79.9. The van der Waals surface area contributed by atoms with E-state index >= 15 is 0 Å². The quantitative estimate of drug-likeness (QED) is 0.847. The molecule has 0 saturated carbocycles. The molecule has 1 N–H and O–H groups in total. The van der Waals surface area contributed by atoms with Gasteiger partial charge in [0.1, 0.15) is 0 Å². The fraction of sp³-hybridized carbons (Fsp3) is 0.714. The molecule has 18 heavy (non-hydrogen) atoms. The summed E-state index contributed by atoms with van der Waals surface area (Å²) in [5, 5.41) is 5.58. The van der Waals surface area contributed by atoms with Gasteiger partial charge in [-0.3, -0.25) is 0 Å². The van der Waals surface area contributed by atoms with Crippen molar-refractivity contribution in [2.24, 2.45) is 5.41 Å². The lowest BCUT2D eigenvalue weighted by molar-refractivity contribution is 0.228. The molecule has 1 aromatic rings. The van der Waals surface area contributed by atoms with Crippen LogP contribution in [0.3, 0.4) is 0 Å². The summed E-state index contributed by atoms with van der Waals surface area (Å²) in [6, 6.07) is 2.77. The molecule has 4 heteroatoms. The highest BCUT2D eigenvalue weighted by Crippen LogP contribution is 2.23. The molecule has 0 aliphatic rings. The monoisotopic (exact) mass is 332 g/mol. The van der Waals surface area contributed by atoms with Crippen molar-refractivity contribution >= 4 is 27.3 Å². The third-order valence-electron chi connectivity index (χ3n) is 3.24. The first-order valence-corrected chi connectivity index (χ1v) is 8.09. The molecule has 2 nitrogen and oxygen atoms in total. The van der Waals surface area contributed by atoms with Gasteiger partial charge >= 0.3 is 0 Å². The molecular formula is C14H25BrN2S. The lowest BCUT2D eigenvalue weighted by atomic mass is 9.85. The summed E-state index contributed by atoms with van der Waals surface area (Å²) in [5.74, 6) is 0. The zero-order chi connectivity index (χ0) is 13.8. The van der Waals surface area contributed by atoms with E-state index in [1.807, 2.05) is 11.3 Å². The van der Waals surface area contributed by atoms with Crippen LogP contribution in [0.4, 0.5) is 0 Å². The highest BCUT2D eigenvalue weighted by molar-refractivity contribution is 9.10. The predicted molar refractivity (Wildman–Crippen MR) is 85.3 cm³/mol. The lowest BCUT2D eigenvalue weighted by Gasteiger charge is -2.31. The maximum Gasteiger partial charge on any atom is 0.0325 e. The van der Waals surface area contributed by atoms with E-state index in [0.29, 0.717) is 11.5 Å². The van der Waals surface area contributed by atoms with Crippen LogP contribution >= 0.6 is 27.3 Å². The highest BCUT2D eigenvalue weighted by Gasteiger charge is 2.22. The third-order valence-corrected chi connectivity index (χ3v) is 4.92. The molecule has 0 aromatic carbocycles. The van der Waals surface area contributed by atoms with E-state index in [4.69, 9.17) is 0 Å². The SMILES string of the molecule is CNC(CCN(C)Cc1cc(Br)cs1)C(C)(C)C. The van der Waals surface area contributed by atoms with Crippen molar-refractivity contribution < 1.29 is 0 Å². The topological polar surface area (TPSA) is 15.3 Å². The molecule has 104 valence electrons. The molecule has 0 amide bonds. The summed E-state index contributed by atoms with van der Waals surface area (Å²) in [5.41, 5.74) is 0.321. The molecule has 0 fully saturated rings. The summed E-state index contributed by atoms with van der Waals surface area (Å²) < 4.78 is 1.19. The van der Waals surface area contributed by atoms with Crippen LogP contribution in [0.5, 0.6) is 0 Å². The van der Waals surface area contributed by atoms with Crippen molar-refractivity contribution in [2.75, 3.05) is 20.6 Å². The van der Waals surface area contributed by atoms with Crippen LogP contribution in [0.15, 0.2) is 15.9 Å². The van der Waals surface area contributed by atoms with Crippen molar-refractivity contribution in [1.82, 2.24) is 10.2 Å². The smallest absolute Gasteiger partial charge is 0.0325 e. The Balaban J connectivity index is 2.38. The van der Waals surface area contributed by atoms with E-state index in [9.17, 15) is 0 Å². The fourth-order valence-electron chi connectivity index (χ4n) is 2.14. The van der Waals surface area contributed by atoms with Crippen LogP contribution in [-0.4, -0.2) is 31.6 Å². The van der Waals surface area contributed by atoms with Crippen LogP contribution in [-0.2, 0) is 6.54 Å². The van der Waals surface area contributed by atoms with Gasteiger partial charge in [0.15, 0.2) is 0 Å². The number of thiophene rings is 1. The molecule has 1 rings (SSSR count). The Hall–Kier alpha value is 0.1000. The average Bonchev–Trinajstić information content (AvgIpc) is 2.62. The third kappa shape index (κ3) is 5.39. The Morgan fingerprint density at radius 3 is 2.56 bits per heavy atom. The van der Waals surface area contributed by atoms with Crippen molar-refractivity contribution in [3.8, 4) is 0 Å². The molecular weight excluding hydrogens is 308 g/mol. The number of nitrogens with zero attached hydrogens (tertiary/aromatic N) is 1. The van der Waals surface area contributed by atoms with Gasteiger partial charge < -0.3 is 10.2 Å². The number of rotatable bonds is 6. The maximum absolute atomic E-state index is 3.50. The second-order valence-corrected chi connectivity index (χ2v) is 7.88. The van der Waals surface area contributed by atoms with Gasteiger partial charge in [0.05, 0.1) is 0 Å². The molecule has 0 aliphatic carbocycles. The van der Waals surface area contributed by atoms with Crippen LogP contribution in [0.25, 0.3) is 0 Å². The lowest BCUT2D eigenvalue weighted by Crippen LogP contribution is -2.40. The van der Waals surface area contributed by atoms with Gasteiger partial charge in [-0.1, -0.05) is 20.8 Å². The van der Waals surface area contributed by atoms with Crippen LogP contribution in [0, 0.1) is 5.41 Å². The normalized spacial score (nSPS) is 14.2. The van der Waals surface area contributed by atoms with Crippen molar-refractivity contribution in [3.05, 3.63) is 20.8 Å². The van der Waals surface area contributed by atoms with Crippen LogP contribution in [0.2, 0.25) is 0 Å². The number of hydrogen-bond acceptors (Lipinski definition) is 3. The number of nitrogens with one attached hydrogen (secondary N) is 1. The van der Waals surface area contributed by atoms with E-state index in [2.05, 4.69) is 72.5 Å². The van der Waals surface area contributed by atoms with Crippen molar-refractivity contribution in [2.45, 2.75) is 39.8 Å². The summed E-state index contributed by atoms with van der Waals surface area (Å²) in [7, 11) is 4.26. The van der Waals surface area contributed by atoms with Crippen molar-refractivity contribution in [1.29, 1.82) is 0 Å². The summed E-state index contributed by atoms with van der Waals surface area (Å²) in [6.45, 7) is 9.05. The first-order valence-electron chi connectivity index (χ1n) is 6.41. The summed E-state index contributed by atoms with van der Waals surface area (Å²) in [6.07, 6.45) is 1.18. The summed E-state index contributed by atoms with van der Waals surface area (Å²) in [4.78, 5) is 3.81. The van der Waals surface area contributed by atoms with E-state index in [1.54, 1.807) is 0 Å². The molecule has 0 saturated heterocycles. The molecule has 1 aromatic heterocycles. The summed E-state index contributed by atoms with van der Waals surface area (Å²) >= 11 is 5.32. The zero-order valence-electron chi connectivity index (χ0n) is 12.1. The zero-order valence-corrected chi connectivity index (χ0v) is 14.5. The second-order valence-electron chi connectivity index (χ2n) is 5.96. The largest absolute Gasteiger partial charge is 0.316 e. The standard InChI is InChI=1S/C14H25BrN2S/c1-14(2,3)13(16-4)6-7-17(5)9-12-8-11(15)10-18-12/h8,10,13,16H,6-7,9H2,1-5H3. The van der Waals surface area contributed by atoms with Gasteiger partial charge in [0.25, 0.3) is 0 Å². The Labute approximate surface area is 124 Å². The van der Waals surface area contributed by atoms with E-state index in [1.165, 1.54) is 15.8 Å². The van der Waals surface area contributed by atoms with Gasteiger partial charge in [-0.2, -0.15) is 0 Å². The van der Waals surface area contributed by atoms with E-state index in [-0.39, 0.29) is 0 Å². The van der Waals surface area contributed by atoms with E-state index in [0.717, 1.165) is 13.1 Å². The second kappa shape index (κ2) is 7.04. The first-order chi connectivity index (χ1) is 8.32. The van der Waals surface area contributed by atoms with Gasteiger partial charge in [-0.05, 0) is 54.5 Å². The van der Waals surface area contributed by atoms with Gasteiger partial charge in [-0.25, -0.2) is 0 Å². The molecule has 0 radical (unpaired) electrons. The first kappa shape index (κ1) is 16.2. The molecule has 1 heterocycles. The van der Waals surface area contributed by atoms with E-state index < -0.39 is 0 Å². The Bertz CT molecular complexity index is 357. The average molecular weight is 333 g/mol. The fourth-order valence-corrected chi connectivity index (χ4v) is 3.67. The molecule has 0 spiro atoms. The minimum absolute atomic E-state index is 0.321. The van der Waals surface area contributed by atoms with Gasteiger partial charge in [-0.15, -0.1) is 11.3 Å². The maximum atomic E-state index is 3.50. The number of halogens is 1. The van der Waals surface area contributed by atoms with Gasteiger partial charge in [0, 0.05) is 27.3 Å². The van der Waals surface area contributed by atoms with Crippen LogP contribution < -0.4 is 5.32 Å². The molecule has 1 unspecified atom stereocenters. The Morgan fingerprint density at radius 2 is 2.11 bits per heavy atom. The molecule has 0 bridgehead atoms. The Morgan fingerprint density at radius 1 is 1.44 bits per heavy atom. The Kier molecular flexibility index (Phi) is 6.31. The number of hydrogen-bond donors (Lipinski definition) is 1. The van der Waals surface area contributed by atoms with Gasteiger partial charge in [0.2, 0.25) is 0 Å².